The second-order valence-corrected chi connectivity index (χ2v) is 17.0. The highest BCUT2D eigenvalue weighted by molar-refractivity contribution is 6.11. The van der Waals surface area contributed by atoms with Crippen LogP contribution in [0.15, 0.2) is 90.7 Å². The van der Waals surface area contributed by atoms with Crippen LogP contribution in [0.4, 0.5) is 0 Å². The van der Waals surface area contributed by atoms with Gasteiger partial charge in [-0.2, -0.15) is 0 Å². The number of para-hydroxylation sites is 1. The lowest BCUT2D eigenvalue weighted by molar-refractivity contribution is -0.157. The van der Waals surface area contributed by atoms with Crippen molar-refractivity contribution in [3.63, 3.8) is 0 Å². The van der Waals surface area contributed by atoms with Crippen LogP contribution in [0.5, 0.6) is 0 Å². The number of allylic oxidation sites excluding steroid dienone is 6. The third-order valence-corrected chi connectivity index (χ3v) is 14.0. The fourth-order valence-electron chi connectivity index (χ4n) is 11.1. The minimum absolute atomic E-state index is 0.0181. The summed E-state index contributed by atoms with van der Waals surface area (Å²) >= 11 is 0. The second-order valence-electron chi connectivity index (χ2n) is 17.0. The van der Waals surface area contributed by atoms with Crippen LogP contribution in [0, 0.1) is 52.8 Å². The smallest absolute Gasteiger partial charge is 0.235 e. The van der Waals surface area contributed by atoms with E-state index in [2.05, 4.69) is 36.3 Å². The standard InChI is InChI=1S/C45H54N2O7/c1-6-7-8-14-27-23-53-40(38(27)49)30-16-12-17-31-35(30)39(50)37(48)25(3)20-24(2)13-11-18-32-42-44(5,54-42)26(4)36-34(47-43(52)45(32,36)41(31)51)21-28-22-46-33-19-10-9-15-29(28)33/h6-12,14-16,18-20,22,24,26-27,30-32,34-38,40,42,46,48-49H,13,17,21,23H2,1-5H3,(H,47,52)/b7-6+,14-8+,18-11-,25-20-/t24-,26-,27+,30+,31-,32-,34-,35-,36-,37+,38-,40+,42-,44+,45-/m0/s1. The molecule has 9 heteroatoms. The molecule has 9 nitrogen and oxygen atoms in total. The Morgan fingerprint density at radius 3 is 2.61 bits per heavy atom. The molecule has 1 aromatic heterocycles. The molecule has 4 fully saturated rings. The van der Waals surface area contributed by atoms with Crippen molar-refractivity contribution in [1.82, 2.24) is 10.3 Å². The number of carbonyl (C=O) groups excluding carboxylic acids is 3. The Balaban J connectivity index is 1.26. The van der Waals surface area contributed by atoms with Gasteiger partial charge >= 0.3 is 0 Å². The van der Waals surface area contributed by atoms with Gasteiger partial charge in [0.2, 0.25) is 5.91 Å². The minimum atomic E-state index is -1.52. The number of aromatic amines is 1. The lowest BCUT2D eigenvalue weighted by atomic mass is 9.49. The highest BCUT2D eigenvalue weighted by atomic mass is 16.6. The number of amides is 1. The Hall–Kier alpha value is -3.89. The molecule has 286 valence electrons. The molecular weight excluding hydrogens is 681 g/mol. The van der Waals surface area contributed by atoms with Crippen LogP contribution in [0.25, 0.3) is 10.9 Å². The quantitative estimate of drug-likeness (QED) is 0.136. The van der Waals surface area contributed by atoms with Gasteiger partial charge in [-0.1, -0.05) is 86.7 Å². The Kier molecular flexibility index (Phi) is 9.61. The van der Waals surface area contributed by atoms with Gasteiger partial charge in [-0.3, -0.25) is 14.4 Å². The van der Waals surface area contributed by atoms with Gasteiger partial charge in [0.05, 0.1) is 30.5 Å². The van der Waals surface area contributed by atoms with E-state index in [4.69, 9.17) is 9.47 Å². The van der Waals surface area contributed by atoms with Gasteiger partial charge in [0.1, 0.15) is 11.5 Å². The third kappa shape index (κ3) is 5.68. The average Bonchev–Trinajstić information content (AvgIpc) is 3.38. The van der Waals surface area contributed by atoms with Gasteiger partial charge in [-0.25, -0.2) is 0 Å². The van der Waals surface area contributed by atoms with E-state index in [1.807, 2.05) is 86.9 Å². The van der Waals surface area contributed by atoms with Crippen molar-refractivity contribution in [3.8, 4) is 0 Å². The highest BCUT2D eigenvalue weighted by Gasteiger charge is 2.79. The number of fused-ring (bicyclic) bond motifs is 4. The first kappa shape index (κ1) is 37.1. The Morgan fingerprint density at radius 2 is 1.81 bits per heavy atom. The predicted molar refractivity (Wildman–Crippen MR) is 206 cm³/mol. The number of Topliss-reactive ketones (excluding diaryl/α,β-unsaturated/α-hetero) is 2. The van der Waals surface area contributed by atoms with Gasteiger partial charge in [-0.05, 0) is 69.1 Å². The fraction of sp³-hybridized carbons (Fsp3) is 0.533. The van der Waals surface area contributed by atoms with Crippen molar-refractivity contribution in [2.45, 2.75) is 89.9 Å². The maximum Gasteiger partial charge on any atom is 0.235 e. The lowest BCUT2D eigenvalue weighted by Crippen LogP contribution is -2.61. The molecule has 6 aliphatic rings. The number of carbonyl (C=O) groups is 3. The number of H-pyrrole nitrogens is 1. The number of benzene rings is 1. The van der Waals surface area contributed by atoms with Crippen LogP contribution in [0.2, 0.25) is 0 Å². The van der Waals surface area contributed by atoms with E-state index in [9.17, 15) is 15.0 Å². The lowest BCUT2D eigenvalue weighted by Gasteiger charge is -2.49. The largest absolute Gasteiger partial charge is 0.390 e. The van der Waals surface area contributed by atoms with Gasteiger partial charge < -0.3 is 30.0 Å². The number of aliphatic hydroxyl groups excluding tert-OH is 2. The molecule has 8 rings (SSSR count). The SMILES string of the molecule is C/C=C/C=C/[C@@H]1CO[C@H]([C@@H]2C=CC[C@@H]3C(=O)[C@@]45C(=O)N[C@@H](Cc6c[nH]c7ccccc67)[C@@H]4[C@H](C)[C@@]4(C)O[C@H]4[C@@H]5/C=C\C[C@H](C)/C=C(/C)[C@@H](O)C(=O)[C@@H]23)[C@H]1O. The first-order chi connectivity index (χ1) is 25.9. The number of hydrogen-bond acceptors (Lipinski definition) is 7. The normalized spacial score (nSPS) is 45.1. The summed E-state index contributed by atoms with van der Waals surface area (Å²) in [4.78, 5) is 49.3. The Morgan fingerprint density at radius 1 is 1.04 bits per heavy atom. The van der Waals surface area contributed by atoms with E-state index in [0.29, 0.717) is 18.4 Å². The van der Waals surface area contributed by atoms with E-state index in [-0.39, 0.29) is 54.6 Å². The minimum Gasteiger partial charge on any atom is -0.390 e. The number of ether oxygens (including phenoxy) is 2. The number of rotatable bonds is 5. The first-order valence-corrected chi connectivity index (χ1v) is 19.8. The van der Waals surface area contributed by atoms with Crippen molar-refractivity contribution in [3.05, 3.63) is 96.3 Å². The monoisotopic (exact) mass is 734 g/mol. The molecule has 0 bridgehead atoms. The van der Waals surface area contributed by atoms with Crippen LogP contribution in [0.3, 0.4) is 0 Å². The summed E-state index contributed by atoms with van der Waals surface area (Å²) in [5, 5.41) is 27.8. The maximum absolute atomic E-state index is 16.0. The maximum atomic E-state index is 16.0. The number of hydrogen-bond donors (Lipinski definition) is 4. The van der Waals surface area contributed by atoms with Gasteiger partial charge in [0, 0.05) is 58.6 Å². The van der Waals surface area contributed by atoms with Crippen LogP contribution < -0.4 is 5.32 Å². The summed E-state index contributed by atoms with van der Waals surface area (Å²) < 4.78 is 12.9. The van der Waals surface area contributed by atoms with Gasteiger partial charge in [-0.15, -0.1) is 0 Å². The average molecular weight is 735 g/mol. The number of aromatic nitrogens is 1. The van der Waals surface area contributed by atoms with Crippen molar-refractivity contribution < 1.29 is 34.1 Å². The van der Waals surface area contributed by atoms with Crippen molar-refractivity contribution >= 4 is 28.4 Å². The van der Waals surface area contributed by atoms with Crippen molar-refractivity contribution in [2.24, 2.45) is 52.8 Å². The van der Waals surface area contributed by atoms with Gasteiger partial charge in [0.25, 0.3) is 0 Å². The second kappa shape index (κ2) is 14.0. The molecular formula is C45H54N2O7. The number of epoxide rings is 1. The first-order valence-electron chi connectivity index (χ1n) is 19.8. The number of nitrogens with one attached hydrogen (secondary N) is 2. The molecule has 1 saturated carbocycles. The van der Waals surface area contributed by atoms with Crippen LogP contribution in [-0.2, 0) is 30.3 Å². The predicted octanol–water partition coefficient (Wildman–Crippen LogP) is 5.59. The van der Waals surface area contributed by atoms with Gasteiger partial charge in [0.15, 0.2) is 11.6 Å². The molecule has 3 aliphatic heterocycles. The zero-order valence-corrected chi connectivity index (χ0v) is 31.9. The summed E-state index contributed by atoms with van der Waals surface area (Å²) in [5.41, 5.74) is 0.545. The molecule has 2 aromatic rings. The number of aliphatic hydroxyl groups is 2. The molecule has 15 atom stereocenters. The summed E-state index contributed by atoms with van der Waals surface area (Å²) in [6.07, 6.45) is 17.2. The van der Waals surface area contributed by atoms with Crippen LogP contribution in [-0.4, -0.2) is 75.3 Å². The van der Waals surface area contributed by atoms with E-state index in [1.165, 1.54) is 0 Å². The van der Waals surface area contributed by atoms with Crippen molar-refractivity contribution in [1.29, 1.82) is 0 Å². The van der Waals surface area contributed by atoms with Crippen LogP contribution >= 0.6 is 0 Å². The fourth-order valence-corrected chi connectivity index (χ4v) is 11.1. The molecule has 1 spiro atoms. The summed E-state index contributed by atoms with van der Waals surface area (Å²) in [6, 6.07) is 7.72. The van der Waals surface area contributed by atoms with E-state index in [0.717, 1.165) is 16.5 Å². The zero-order chi connectivity index (χ0) is 38.1. The summed E-state index contributed by atoms with van der Waals surface area (Å²) in [5.74, 6) is -5.22. The van der Waals surface area contributed by atoms with E-state index in [1.54, 1.807) is 6.92 Å². The molecule has 1 aromatic carbocycles. The highest BCUT2D eigenvalue weighted by Crippen LogP contribution is 2.67. The Labute approximate surface area is 317 Å². The molecule has 3 aliphatic carbocycles. The molecule has 3 saturated heterocycles. The van der Waals surface area contributed by atoms with Crippen LogP contribution in [0.1, 0.15) is 53.0 Å². The van der Waals surface area contributed by atoms with Crippen molar-refractivity contribution in [2.75, 3.05) is 6.61 Å². The third-order valence-electron chi connectivity index (χ3n) is 14.0. The van der Waals surface area contributed by atoms with E-state index >= 15 is 9.59 Å². The molecule has 0 radical (unpaired) electrons. The van der Waals surface area contributed by atoms with E-state index < -0.39 is 64.7 Å². The molecule has 4 heterocycles. The summed E-state index contributed by atoms with van der Waals surface area (Å²) in [6.45, 7) is 10.2. The molecule has 54 heavy (non-hydrogen) atoms. The summed E-state index contributed by atoms with van der Waals surface area (Å²) in [7, 11) is 0. The number of ketones is 2. The zero-order valence-electron chi connectivity index (χ0n) is 31.9. The molecule has 4 N–H and O–H groups in total. The molecule has 1 amide bonds. The molecule has 0 unspecified atom stereocenters. The topological polar surface area (TPSA) is 141 Å². The Bertz CT molecular complexity index is 1970.